The van der Waals surface area contributed by atoms with Crippen LogP contribution in [-0.4, -0.2) is 10.3 Å². The van der Waals surface area contributed by atoms with Gasteiger partial charge in [-0.05, 0) is 40.2 Å². The highest BCUT2D eigenvalue weighted by atomic mass is 79.9. The first-order valence-corrected chi connectivity index (χ1v) is 7.56. The lowest BCUT2D eigenvalue weighted by Crippen LogP contribution is -1.91. The van der Waals surface area contributed by atoms with E-state index in [0.29, 0.717) is 0 Å². The van der Waals surface area contributed by atoms with Crippen LogP contribution in [0.4, 0.5) is 0 Å². The topological polar surface area (TPSA) is 4.93 Å². The third kappa shape index (κ3) is 2.16. The highest BCUT2D eigenvalue weighted by Crippen LogP contribution is 2.30. The van der Waals surface area contributed by atoms with Crippen molar-refractivity contribution in [2.75, 3.05) is 5.75 Å². The van der Waals surface area contributed by atoms with Gasteiger partial charge in [0.25, 0.3) is 0 Å². The van der Waals surface area contributed by atoms with Gasteiger partial charge in [-0.3, -0.25) is 0 Å². The van der Waals surface area contributed by atoms with Crippen LogP contribution in [0.2, 0.25) is 0 Å². The van der Waals surface area contributed by atoms with Crippen LogP contribution in [0.5, 0.6) is 0 Å². The van der Waals surface area contributed by atoms with E-state index in [1.165, 1.54) is 26.7 Å². The van der Waals surface area contributed by atoms with Crippen molar-refractivity contribution in [1.29, 1.82) is 0 Å². The van der Waals surface area contributed by atoms with E-state index in [1.807, 2.05) is 11.8 Å². The number of aryl methyl sites for hydroxylation is 1. The molecule has 1 nitrogen and oxygen atoms in total. The highest BCUT2D eigenvalue weighted by molar-refractivity contribution is 9.10. The van der Waals surface area contributed by atoms with Crippen molar-refractivity contribution in [3.63, 3.8) is 0 Å². The molecule has 86 valence electrons. The van der Waals surface area contributed by atoms with Crippen LogP contribution in [0.15, 0.2) is 28.9 Å². The standard InChI is InChI=1S/C13H16BrNS/c1-3-15-8-10(9-16-4-2)11-6-5-7-12(14)13(11)15/h5-8H,3-4,9H2,1-2H3. The lowest BCUT2D eigenvalue weighted by Gasteiger charge is -2.01. The average Bonchev–Trinajstić information content (AvgIpc) is 2.66. The zero-order valence-electron chi connectivity index (χ0n) is 9.66. The Morgan fingerprint density at radius 3 is 2.81 bits per heavy atom. The molecule has 0 bridgehead atoms. The molecule has 0 aliphatic rings. The maximum atomic E-state index is 3.64. The van der Waals surface area contributed by atoms with Crippen molar-refractivity contribution in [1.82, 2.24) is 4.57 Å². The van der Waals surface area contributed by atoms with Gasteiger partial charge in [0, 0.05) is 28.4 Å². The Morgan fingerprint density at radius 2 is 2.12 bits per heavy atom. The molecule has 0 radical (unpaired) electrons. The summed E-state index contributed by atoms with van der Waals surface area (Å²) in [5.41, 5.74) is 2.78. The van der Waals surface area contributed by atoms with Gasteiger partial charge < -0.3 is 4.57 Å². The fourth-order valence-corrected chi connectivity index (χ4v) is 3.21. The number of hydrogen-bond donors (Lipinski definition) is 0. The van der Waals surface area contributed by atoms with Gasteiger partial charge in [-0.25, -0.2) is 0 Å². The van der Waals surface area contributed by atoms with Crippen LogP contribution in [0.25, 0.3) is 10.9 Å². The lowest BCUT2D eigenvalue weighted by molar-refractivity contribution is 0.793. The van der Waals surface area contributed by atoms with Gasteiger partial charge in [0.05, 0.1) is 5.52 Å². The van der Waals surface area contributed by atoms with Crippen molar-refractivity contribution < 1.29 is 0 Å². The maximum absolute atomic E-state index is 3.64. The molecular formula is C13H16BrNS. The molecule has 0 saturated carbocycles. The highest BCUT2D eigenvalue weighted by Gasteiger charge is 2.09. The largest absolute Gasteiger partial charge is 0.347 e. The zero-order valence-corrected chi connectivity index (χ0v) is 12.1. The van der Waals surface area contributed by atoms with Gasteiger partial charge in [-0.15, -0.1) is 0 Å². The summed E-state index contributed by atoms with van der Waals surface area (Å²) in [6.45, 7) is 5.42. The summed E-state index contributed by atoms with van der Waals surface area (Å²) in [6, 6.07) is 6.45. The molecule has 0 fully saturated rings. The van der Waals surface area contributed by atoms with Crippen LogP contribution < -0.4 is 0 Å². The van der Waals surface area contributed by atoms with E-state index < -0.39 is 0 Å². The number of fused-ring (bicyclic) bond motifs is 1. The van der Waals surface area contributed by atoms with E-state index in [1.54, 1.807) is 0 Å². The molecule has 0 atom stereocenters. The Hall–Kier alpha value is -0.410. The number of thioether (sulfide) groups is 1. The van der Waals surface area contributed by atoms with Gasteiger partial charge in [0.1, 0.15) is 0 Å². The molecule has 0 N–H and O–H groups in total. The van der Waals surface area contributed by atoms with Gasteiger partial charge >= 0.3 is 0 Å². The summed E-state index contributed by atoms with van der Waals surface area (Å²) in [5, 5.41) is 1.39. The molecule has 0 saturated heterocycles. The number of halogens is 1. The third-order valence-corrected chi connectivity index (χ3v) is 4.30. The molecule has 0 aliphatic carbocycles. The molecule has 0 unspecified atom stereocenters. The minimum absolute atomic E-state index is 1.02. The van der Waals surface area contributed by atoms with E-state index in [-0.39, 0.29) is 0 Å². The predicted molar refractivity (Wildman–Crippen MR) is 77.1 cm³/mol. The van der Waals surface area contributed by atoms with Crippen molar-refractivity contribution in [2.45, 2.75) is 26.1 Å². The van der Waals surface area contributed by atoms with Gasteiger partial charge in [-0.2, -0.15) is 11.8 Å². The SMILES string of the molecule is CCSCc1cn(CC)c2c(Br)cccc12. The molecule has 1 aromatic carbocycles. The molecule has 0 aliphatic heterocycles. The lowest BCUT2D eigenvalue weighted by atomic mass is 10.2. The number of nitrogens with zero attached hydrogens (tertiary/aromatic N) is 1. The smallest absolute Gasteiger partial charge is 0.0627 e. The molecular weight excluding hydrogens is 282 g/mol. The molecule has 16 heavy (non-hydrogen) atoms. The van der Waals surface area contributed by atoms with Crippen molar-refractivity contribution in [3.05, 3.63) is 34.4 Å². The van der Waals surface area contributed by atoms with Crippen molar-refractivity contribution in [3.8, 4) is 0 Å². The fourth-order valence-electron chi connectivity index (χ4n) is 1.97. The Labute approximate surface area is 109 Å². The first-order chi connectivity index (χ1) is 7.77. The van der Waals surface area contributed by atoms with Gasteiger partial charge in [0.2, 0.25) is 0 Å². The van der Waals surface area contributed by atoms with E-state index >= 15 is 0 Å². The quantitative estimate of drug-likeness (QED) is 0.793. The number of hydrogen-bond acceptors (Lipinski definition) is 1. The molecule has 1 aromatic heterocycles. The van der Waals surface area contributed by atoms with Crippen molar-refractivity contribution in [2.24, 2.45) is 0 Å². The number of rotatable bonds is 4. The zero-order chi connectivity index (χ0) is 11.5. The fraction of sp³-hybridized carbons (Fsp3) is 0.385. The normalized spacial score (nSPS) is 11.2. The van der Waals surface area contributed by atoms with Gasteiger partial charge in [0.15, 0.2) is 0 Å². The van der Waals surface area contributed by atoms with Crippen molar-refractivity contribution >= 4 is 38.6 Å². The maximum Gasteiger partial charge on any atom is 0.0627 e. The van der Waals surface area contributed by atoms with E-state index in [0.717, 1.165) is 12.3 Å². The number of para-hydroxylation sites is 1. The summed E-state index contributed by atoms with van der Waals surface area (Å²) in [5.74, 6) is 2.28. The van der Waals surface area contributed by atoms with E-state index in [9.17, 15) is 0 Å². The molecule has 2 rings (SSSR count). The van der Waals surface area contributed by atoms with E-state index in [2.05, 4.69) is 58.7 Å². The summed E-state index contributed by atoms with van der Waals surface area (Å²) in [4.78, 5) is 0. The summed E-state index contributed by atoms with van der Waals surface area (Å²) >= 11 is 5.62. The monoisotopic (exact) mass is 297 g/mol. The minimum atomic E-state index is 1.02. The second-order valence-corrected chi connectivity index (χ2v) is 5.84. The third-order valence-electron chi connectivity index (χ3n) is 2.73. The summed E-state index contributed by atoms with van der Waals surface area (Å²) in [6.07, 6.45) is 2.29. The van der Waals surface area contributed by atoms with Gasteiger partial charge in [-0.1, -0.05) is 19.1 Å². The molecule has 1 heterocycles. The Balaban J connectivity index is 2.54. The Kier molecular flexibility index (Phi) is 3.98. The first kappa shape index (κ1) is 12.1. The van der Waals surface area contributed by atoms with Crippen LogP contribution in [0, 0.1) is 0 Å². The minimum Gasteiger partial charge on any atom is -0.347 e. The van der Waals surface area contributed by atoms with E-state index in [4.69, 9.17) is 0 Å². The second-order valence-electron chi connectivity index (χ2n) is 3.71. The van der Waals surface area contributed by atoms with Crippen LogP contribution in [0.3, 0.4) is 0 Å². The summed E-state index contributed by atoms with van der Waals surface area (Å²) < 4.78 is 3.52. The molecule has 2 aromatic rings. The second kappa shape index (κ2) is 5.28. The average molecular weight is 298 g/mol. The first-order valence-electron chi connectivity index (χ1n) is 5.61. The number of benzene rings is 1. The predicted octanol–water partition coefficient (Wildman–Crippen LogP) is 4.68. The Bertz CT molecular complexity index is 490. The molecule has 3 heteroatoms. The number of aromatic nitrogens is 1. The molecule has 0 amide bonds. The summed E-state index contributed by atoms with van der Waals surface area (Å²) in [7, 11) is 0. The Morgan fingerprint density at radius 1 is 1.31 bits per heavy atom. The van der Waals surface area contributed by atoms with Crippen LogP contribution >= 0.6 is 27.7 Å². The van der Waals surface area contributed by atoms with Crippen LogP contribution in [0.1, 0.15) is 19.4 Å². The molecule has 0 spiro atoms. The van der Waals surface area contributed by atoms with Crippen LogP contribution in [-0.2, 0) is 12.3 Å².